The van der Waals surface area contributed by atoms with Gasteiger partial charge in [0.25, 0.3) is 0 Å². The second kappa shape index (κ2) is 34.3. The maximum atomic E-state index is 12.6. The van der Waals surface area contributed by atoms with Crippen LogP contribution in [0.5, 0.6) is 0 Å². The van der Waals surface area contributed by atoms with Gasteiger partial charge in [0.15, 0.2) is 6.10 Å². The van der Waals surface area contributed by atoms with Gasteiger partial charge in [-0.05, 0) is 31.1 Å². The van der Waals surface area contributed by atoms with Crippen LogP contribution in [0.1, 0.15) is 214 Å². The van der Waals surface area contributed by atoms with Crippen molar-refractivity contribution < 1.29 is 28.6 Å². The summed E-state index contributed by atoms with van der Waals surface area (Å²) in [6, 6.07) is 0. The van der Waals surface area contributed by atoms with E-state index >= 15 is 0 Å². The Morgan fingerprint density at radius 3 is 1.04 bits per heavy atom. The lowest BCUT2D eigenvalue weighted by atomic mass is 10.0. The van der Waals surface area contributed by atoms with Crippen molar-refractivity contribution in [2.24, 2.45) is 11.8 Å². The summed E-state index contributed by atoms with van der Waals surface area (Å²) in [5.74, 6) is 0.687. The number of hydrogen-bond acceptors (Lipinski definition) is 6. The first-order valence-corrected chi connectivity index (χ1v) is 20.2. The topological polar surface area (TPSA) is 78.9 Å². The number of rotatable bonds is 35. The molecule has 278 valence electrons. The highest BCUT2D eigenvalue weighted by Gasteiger charge is 2.19. The minimum atomic E-state index is -0.759. The monoisotopic (exact) mass is 667 g/mol. The molecule has 0 bridgehead atoms. The number of unbranched alkanes of at least 4 members (excludes halogenated alkanes) is 20. The van der Waals surface area contributed by atoms with Gasteiger partial charge < -0.3 is 14.2 Å². The van der Waals surface area contributed by atoms with Crippen LogP contribution in [-0.2, 0) is 28.6 Å². The van der Waals surface area contributed by atoms with Crippen molar-refractivity contribution in [1.29, 1.82) is 0 Å². The van der Waals surface area contributed by atoms with E-state index in [9.17, 15) is 14.4 Å². The van der Waals surface area contributed by atoms with Gasteiger partial charge in [0.05, 0.1) is 0 Å². The summed E-state index contributed by atoms with van der Waals surface area (Å²) in [4.78, 5) is 37.4. The van der Waals surface area contributed by atoms with E-state index in [0.717, 1.165) is 69.6 Å². The Morgan fingerprint density at radius 1 is 0.404 bits per heavy atom. The fraction of sp³-hybridized carbons (Fsp3) is 0.927. The van der Waals surface area contributed by atoms with Gasteiger partial charge in [-0.25, -0.2) is 0 Å². The lowest BCUT2D eigenvalue weighted by Crippen LogP contribution is -2.30. The van der Waals surface area contributed by atoms with Gasteiger partial charge in [0.1, 0.15) is 13.2 Å². The molecule has 0 fully saturated rings. The van der Waals surface area contributed by atoms with Crippen LogP contribution >= 0.6 is 0 Å². The van der Waals surface area contributed by atoms with Crippen LogP contribution < -0.4 is 0 Å². The minimum absolute atomic E-state index is 0.0670. The molecule has 0 amide bonds. The third-order valence-electron chi connectivity index (χ3n) is 8.97. The van der Waals surface area contributed by atoms with Gasteiger partial charge in [-0.1, -0.05) is 176 Å². The molecule has 6 heteroatoms. The molecule has 0 unspecified atom stereocenters. The van der Waals surface area contributed by atoms with E-state index < -0.39 is 6.10 Å². The average Bonchev–Trinajstić information content (AvgIpc) is 3.03. The van der Waals surface area contributed by atoms with E-state index in [-0.39, 0.29) is 31.1 Å². The number of ether oxygens (including phenoxy) is 3. The molecule has 0 aromatic carbocycles. The quantitative estimate of drug-likeness (QED) is 0.0380. The van der Waals surface area contributed by atoms with Crippen LogP contribution in [0, 0.1) is 11.8 Å². The fourth-order valence-electron chi connectivity index (χ4n) is 5.87. The van der Waals surface area contributed by atoms with E-state index in [1.807, 2.05) is 0 Å². The van der Waals surface area contributed by atoms with Crippen LogP contribution in [0.15, 0.2) is 0 Å². The second-order valence-electron chi connectivity index (χ2n) is 14.9. The molecule has 0 N–H and O–H groups in total. The molecule has 0 spiro atoms. The summed E-state index contributed by atoms with van der Waals surface area (Å²) in [7, 11) is 0. The van der Waals surface area contributed by atoms with Crippen molar-refractivity contribution in [3.05, 3.63) is 0 Å². The van der Waals surface area contributed by atoms with E-state index in [0.29, 0.717) is 19.3 Å². The molecule has 6 nitrogen and oxygen atoms in total. The minimum Gasteiger partial charge on any atom is -0.462 e. The summed E-state index contributed by atoms with van der Waals surface area (Å²) in [5.41, 5.74) is 0. The first kappa shape index (κ1) is 45.4. The Bertz CT molecular complexity index is 719. The molecule has 1 atom stereocenters. The molecular formula is C41H78O6. The maximum Gasteiger partial charge on any atom is 0.306 e. The highest BCUT2D eigenvalue weighted by Crippen LogP contribution is 2.15. The van der Waals surface area contributed by atoms with Crippen molar-refractivity contribution >= 4 is 17.9 Å². The molecule has 0 aliphatic rings. The molecule has 0 saturated carbocycles. The van der Waals surface area contributed by atoms with E-state index in [2.05, 4.69) is 34.6 Å². The van der Waals surface area contributed by atoms with Crippen molar-refractivity contribution in [1.82, 2.24) is 0 Å². The molecule has 0 saturated heterocycles. The van der Waals surface area contributed by atoms with Gasteiger partial charge in [-0.15, -0.1) is 0 Å². The average molecular weight is 667 g/mol. The zero-order chi connectivity index (χ0) is 34.8. The summed E-state index contributed by atoms with van der Waals surface area (Å²) in [5, 5.41) is 0. The first-order chi connectivity index (χ1) is 22.7. The predicted octanol–water partition coefficient (Wildman–Crippen LogP) is 12.2. The van der Waals surface area contributed by atoms with E-state index in [4.69, 9.17) is 14.2 Å². The fourth-order valence-corrected chi connectivity index (χ4v) is 5.87. The van der Waals surface area contributed by atoms with Crippen molar-refractivity contribution in [2.45, 2.75) is 221 Å². The Balaban J connectivity index is 4.36. The first-order valence-electron chi connectivity index (χ1n) is 20.2. The van der Waals surface area contributed by atoms with Crippen LogP contribution in [0.25, 0.3) is 0 Å². The van der Waals surface area contributed by atoms with Crippen LogP contribution in [-0.4, -0.2) is 37.2 Å². The van der Waals surface area contributed by atoms with Crippen molar-refractivity contribution in [3.8, 4) is 0 Å². The van der Waals surface area contributed by atoms with Gasteiger partial charge in [-0.3, -0.25) is 14.4 Å². The molecule has 0 aromatic heterocycles. The van der Waals surface area contributed by atoms with Gasteiger partial charge in [0.2, 0.25) is 0 Å². The van der Waals surface area contributed by atoms with Crippen LogP contribution in [0.2, 0.25) is 0 Å². The third-order valence-corrected chi connectivity index (χ3v) is 8.97. The summed E-state index contributed by atoms with van der Waals surface area (Å²) in [6.07, 6.45) is 29.6. The maximum absolute atomic E-state index is 12.6. The van der Waals surface area contributed by atoms with Gasteiger partial charge in [-0.2, -0.15) is 0 Å². The van der Waals surface area contributed by atoms with Crippen molar-refractivity contribution in [2.75, 3.05) is 13.2 Å². The van der Waals surface area contributed by atoms with Crippen LogP contribution in [0.4, 0.5) is 0 Å². The summed E-state index contributed by atoms with van der Waals surface area (Å²) >= 11 is 0. The Hall–Kier alpha value is -1.59. The zero-order valence-electron chi connectivity index (χ0n) is 31.9. The summed E-state index contributed by atoms with van der Waals surface area (Å²) < 4.78 is 16.6. The molecular weight excluding hydrogens is 588 g/mol. The molecule has 0 aromatic rings. The Kier molecular flexibility index (Phi) is 33.1. The molecule has 0 aliphatic carbocycles. The SMILES string of the molecule is CCCCCCCCCCCC(=O)OC[C@@H](COC(=O)CCCCCCCCCC(C)C)OC(=O)CCCCCCCCCC(C)C. The van der Waals surface area contributed by atoms with Gasteiger partial charge >= 0.3 is 17.9 Å². The standard InChI is InChI=1S/C41H78O6/c1-6-7-8-9-10-11-16-21-26-31-39(42)45-34-38(47-41(44)33-28-23-18-13-15-20-25-30-37(4)5)35-46-40(43)32-27-22-17-12-14-19-24-29-36(2)3/h36-38H,6-35H2,1-5H3/t38-/m0/s1. The predicted molar refractivity (Wildman–Crippen MR) is 196 cm³/mol. The van der Waals surface area contributed by atoms with Crippen molar-refractivity contribution in [3.63, 3.8) is 0 Å². The molecule has 0 radical (unpaired) electrons. The normalized spacial score (nSPS) is 12.1. The Labute approximate surface area is 291 Å². The zero-order valence-corrected chi connectivity index (χ0v) is 31.9. The number of carbonyl (C=O) groups is 3. The summed E-state index contributed by atoms with van der Waals surface area (Å²) in [6.45, 7) is 11.2. The number of esters is 3. The Morgan fingerprint density at radius 2 is 0.702 bits per heavy atom. The molecule has 0 aliphatic heterocycles. The highest BCUT2D eigenvalue weighted by atomic mass is 16.6. The number of hydrogen-bond donors (Lipinski definition) is 0. The lowest BCUT2D eigenvalue weighted by molar-refractivity contribution is -0.167. The third kappa shape index (κ3) is 35.5. The number of carbonyl (C=O) groups excluding carboxylic acids is 3. The highest BCUT2D eigenvalue weighted by molar-refractivity contribution is 5.71. The van der Waals surface area contributed by atoms with Crippen LogP contribution in [0.3, 0.4) is 0 Å². The van der Waals surface area contributed by atoms with E-state index in [1.54, 1.807) is 0 Å². The largest absolute Gasteiger partial charge is 0.462 e. The molecule has 47 heavy (non-hydrogen) atoms. The van der Waals surface area contributed by atoms with E-state index in [1.165, 1.54) is 103 Å². The van der Waals surface area contributed by atoms with Gasteiger partial charge in [0, 0.05) is 19.3 Å². The lowest BCUT2D eigenvalue weighted by Gasteiger charge is -2.18. The second-order valence-corrected chi connectivity index (χ2v) is 14.9. The smallest absolute Gasteiger partial charge is 0.306 e. The molecule has 0 rings (SSSR count). The molecule has 0 heterocycles.